The van der Waals surface area contributed by atoms with Gasteiger partial charge in [-0.05, 0) is 11.1 Å². The van der Waals surface area contributed by atoms with E-state index in [2.05, 4.69) is 5.16 Å². The molecule has 1 aliphatic rings. The molecular formula is C18H17NO4. The van der Waals surface area contributed by atoms with Crippen LogP contribution in [0.1, 0.15) is 23.7 Å². The van der Waals surface area contributed by atoms with E-state index in [4.69, 9.17) is 14.3 Å². The molecule has 0 aromatic heterocycles. The van der Waals surface area contributed by atoms with Crippen LogP contribution >= 0.6 is 0 Å². The zero-order valence-electron chi connectivity index (χ0n) is 12.7. The number of methoxy groups -OCH3 is 1. The van der Waals surface area contributed by atoms with Gasteiger partial charge >= 0.3 is 5.97 Å². The number of nitrogens with zero attached hydrogens (tertiary/aromatic N) is 1. The average Bonchev–Trinajstić information content (AvgIpc) is 3.09. The first-order valence-electron chi connectivity index (χ1n) is 7.34. The van der Waals surface area contributed by atoms with Crippen molar-refractivity contribution in [2.45, 2.75) is 18.8 Å². The second-order valence-corrected chi connectivity index (χ2v) is 5.09. The topological polar surface area (TPSA) is 57.1 Å². The number of hydrogen-bond donors (Lipinski definition) is 0. The summed E-state index contributed by atoms with van der Waals surface area (Å²) in [5.41, 5.74) is 2.50. The first kappa shape index (κ1) is 15.2. The van der Waals surface area contributed by atoms with Gasteiger partial charge in [-0.1, -0.05) is 65.8 Å². The van der Waals surface area contributed by atoms with Gasteiger partial charge in [0, 0.05) is 0 Å². The fraction of sp³-hybridized carbons (Fsp3) is 0.222. The predicted molar refractivity (Wildman–Crippen MR) is 84.8 cm³/mol. The van der Waals surface area contributed by atoms with Crippen molar-refractivity contribution >= 4 is 11.7 Å². The molecule has 1 heterocycles. The van der Waals surface area contributed by atoms with Gasteiger partial charge in [0.1, 0.15) is 0 Å². The number of benzene rings is 2. The van der Waals surface area contributed by atoms with Gasteiger partial charge in [0.05, 0.1) is 19.2 Å². The van der Waals surface area contributed by atoms with Gasteiger partial charge in [0.2, 0.25) is 6.29 Å². The molecule has 1 unspecified atom stereocenters. The van der Waals surface area contributed by atoms with Crippen molar-refractivity contribution in [2.75, 3.05) is 7.11 Å². The summed E-state index contributed by atoms with van der Waals surface area (Å²) in [7, 11) is 1.34. The average molecular weight is 311 g/mol. The Morgan fingerprint density at radius 2 is 1.78 bits per heavy atom. The first-order valence-corrected chi connectivity index (χ1v) is 7.34. The summed E-state index contributed by atoms with van der Waals surface area (Å²) < 4.78 is 10.6. The smallest absolute Gasteiger partial charge is 0.339 e. The fourth-order valence-corrected chi connectivity index (χ4v) is 2.39. The number of ether oxygens (including phenoxy) is 2. The lowest BCUT2D eigenvalue weighted by atomic mass is 10.1. The lowest BCUT2D eigenvalue weighted by molar-refractivity contribution is -0.186. The molecular weight excluding hydrogens is 294 g/mol. The maximum atomic E-state index is 12.0. The van der Waals surface area contributed by atoms with Crippen LogP contribution < -0.4 is 0 Å². The van der Waals surface area contributed by atoms with E-state index in [1.54, 1.807) is 0 Å². The van der Waals surface area contributed by atoms with Crippen LogP contribution in [-0.2, 0) is 19.1 Å². The van der Waals surface area contributed by atoms with E-state index in [9.17, 15) is 4.79 Å². The summed E-state index contributed by atoms with van der Waals surface area (Å²) in [6, 6.07) is 18.9. The molecule has 0 bridgehead atoms. The van der Waals surface area contributed by atoms with E-state index < -0.39 is 18.4 Å². The van der Waals surface area contributed by atoms with Crippen LogP contribution in [0.2, 0.25) is 0 Å². The van der Waals surface area contributed by atoms with Crippen molar-refractivity contribution in [1.82, 2.24) is 0 Å². The van der Waals surface area contributed by atoms with Gasteiger partial charge in [-0.2, -0.15) is 0 Å². The Kier molecular flexibility index (Phi) is 4.68. The Labute approximate surface area is 134 Å². The van der Waals surface area contributed by atoms with E-state index >= 15 is 0 Å². The molecule has 118 valence electrons. The van der Waals surface area contributed by atoms with Gasteiger partial charge in [0.15, 0.2) is 6.10 Å². The highest BCUT2D eigenvalue weighted by atomic mass is 16.8. The zero-order valence-corrected chi connectivity index (χ0v) is 12.7. The first-order chi connectivity index (χ1) is 11.3. The monoisotopic (exact) mass is 311 g/mol. The number of hydrogen-bond acceptors (Lipinski definition) is 5. The summed E-state index contributed by atoms with van der Waals surface area (Å²) in [5.74, 6) is -0.465. The lowest BCUT2D eigenvalue weighted by Crippen LogP contribution is -2.24. The van der Waals surface area contributed by atoms with E-state index in [1.807, 2.05) is 60.7 Å². The highest BCUT2D eigenvalue weighted by Gasteiger charge is 2.31. The van der Waals surface area contributed by atoms with Crippen LogP contribution in [0.4, 0.5) is 0 Å². The summed E-state index contributed by atoms with van der Waals surface area (Å²) in [6.45, 7) is 0. The molecule has 0 fully saturated rings. The molecule has 2 atom stereocenters. The van der Waals surface area contributed by atoms with Gasteiger partial charge in [-0.3, -0.25) is 0 Å². The molecule has 1 aliphatic heterocycles. The Balaban J connectivity index is 1.70. The maximum absolute atomic E-state index is 12.0. The lowest BCUT2D eigenvalue weighted by Gasteiger charge is -2.19. The predicted octanol–water partition coefficient (Wildman–Crippen LogP) is 3.07. The van der Waals surface area contributed by atoms with Crippen molar-refractivity contribution in [2.24, 2.45) is 5.16 Å². The Hall–Kier alpha value is -2.66. The summed E-state index contributed by atoms with van der Waals surface area (Å²) in [4.78, 5) is 17.3. The van der Waals surface area contributed by atoms with Crippen LogP contribution in [0.15, 0.2) is 65.8 Å². The third-order valence-corrected chi connectivity index (χ3v) is 3.55. The van der Waals surface area contributed by atoms with Crippen LogP contribution in [0, 0.1) is 0 Å². The third kappa shape index (κ3) is 3.57. The molecule has 5 heteroatoms. The number of oxime groups is 1. The van der Waals surface area contributed by atoms with Gasteiger partial charge in [-0.15, -0.1) is 0 Å². The molecule has 5 nitrogen and oxygen atoms in total. The normalized spacial score (nSPS) is 18.0. The van der Waals surface area contributed by atoms with E-state index in [1.165, 1.54) is 7.11 Å². The molecule has 0 aliphatic carbocycles. The van der Waals surface area contributed by atoms with Crippen LogP contribution in [0.5, 0.6) is 0 Å². The standard InChI is InChI=1S/C18H17NO4/c1-21-18(20)17(14-10-6-3-7-11-14)22-16-12-15(19-23-16)13-8-4-2-5-9-13/h2-11,16-17H,12H2,1H3/t16?,17-/m1/s1. The van der Waals surface area contributed by atoms with Gasteiger partial charge in [-0.25, -0.2) is 4.79 Å². The highest BCUT2D eigenvalue weighted by Crippen LogP contribution is 2.26. The minimum Gasteiger partial charge on any atom is -0.467 e. The van der Waals surface area contributed by atoms with E-state index in [0.717, 1.165) is 16.8 Å². The minimum absolute atomic E-state index is 0.465. The van der Waals surface area contributed by atoms with Gasteiger partial charge in [0.25, 0.3) is 0 Å². The molecule has 0 saturated carbocycles. The van der Waals surface area contributed by atoms with Crippen molar-refractivity contribution < 1.29 is 19.1 Å². The fourth-order valence-electron chi connectivity index (χ4n) is 2.39. The van der Waals surface area contributed by atoms with Crippen LogP contribution in [-0.4, -0.2) is 25.1 Å². The summed E-state index contributed by atoms with van der Waals surface area (Å²) >= 11 is 0. The van der Waals surface area contributed by atoms with E-state index in [0.29, 0.717) is 6.42 Å². The van der Waals surface area contributed by atoms with Crippen molar-refractivity contribution in [3.05, 3.63) is 71.8 Å². The summed E-state index contributed by atoms with van der Waals surface area (Å²) in [6.07, 6.45) is -0.976. The highest BCUT2D eigenvalue weighted by molar-refractivity contribution is 6.01. The maximum Gasteiger partial charge on any atom is 0.339 e. The zero-order chi connectivity index (χ0) is 16.1. The van der Waals surface area contributed by atoms with Crippen molar-refractivity contribution in [3.8, 4) is 0 Å². The molecule has 0 amide bonds. The molecule has 2 aromatic carbocycles. The number of rotatable bonds is 5. The largest absolute Gasteiger partial charge is 0.467 e. The Bertz CT molecular complexity index is 685. The number of carbonyl (C=O) groups excluding carboxylic acids is 1. The Morgan fingerprint density at radius 3 is 2.43 bits per heavy atom. The SMILES string of the molecule is COC(=O)[C@H](OC1CC(c2ccccc2)=NO1)c1ccccc1. The van der Waals surface area contributed by atoms with E-state index in [-0.39, 0.29) is 0 Å². The van der Waals surface area contributed by atoms with Crippen LogP contribution in [0.3, 0.4) is 0 Å². The molecule has 0 radical (unpaired) electrons. The number of carbonyl (C=O) groups is 1. The molecule has 2 aromatic rings. The van der Waals surface area contributed by atoms with Crippen molar-refractivity contribution in [1.29, 1.82) is 0 Å². The third-order valence-electron chi connectivity index (χ3n) is 3.55. The molecule has 0 spiro atoms. The number of esters is 1. The second-order valence-electron chi connectivity index (χ2n) is 5.09. The second kappa shape index (κ2) is 7.07. The molecule has 23 heavy (non-hydrogen) atoms. The Morgan fingerprint density at radius 1 is 1.13 bits per heavy atom. The minimum atomic E-state index is -0.837. The van der Waals surface area contributed by atoms with Crippen LogP contribution in [0.25, 0.3) is 0 Å². The van der Waals surface area contributed by atoms with Gasteiger partial charge < -0.3 is 14.3 Å². The molecule has 0 N–H and O–H groups in total. The quantitative estimate of drug-likeness (QED) is 0.796. The molecule has 0 saturated heterocycles. The molecule has 3 rings (SSSR count). The van der Waals surface area contributed by atoms with Crippen molar-refractivity contribution in [3.63, 3.8) is 0 Å². The summed E-state index contributed by atoms with van der Waals surface area (Å²) in [5, 5.41) is 4.06.